The summed E-state index contributed by atoms with van der Waals surface area (Å²) >= 11 is 0. The summed E-state index contributed by atoms with van der Waals surface area (Å²) in [6.07, 6.45) is 10.9. The number of aliphatic hydroxyl groups is 1. The van der Waals surface area contributed by atoms with Gasteiger partial charge in [-0.25, -0.2) is 4.79 Å². The fraction of sp³-hybridized carbons (Fsp3) is 0.696. The van der Waals surface area contributed by atoms with Crippen molar-refractivity contribution in [3.63, 3.8) is 0 Å². The highest BCUT2D eigenvalue weighted by Crippen LogP contribution is 2.32. The van der Waals surface area contributed by atoms with Gasteiger partial charge in [-0.3, -0.25) is 0 Å². The van der Waals surface area contributed by atoms with E-state index in [4.69, 9.17) is 10.5 Å². The number of ether oxygens (including phenoxy) is 1. The smallest absolute Gasteiger partial charge is 0.315 e. The Morgan fingerprint density at radius 2 is 1.61 bits per heavy atom. The fourth-order valence-corrected chi connectivity index (χ4v) is 4.84. The molecule has 0 heterocycles. The van der Waals surface area contributed by atoms with E-state index in [0.717, 1.165) is 49.8 Å². The van der Waals surface area contributed by atoms with E-state index in [2.05, 4.69) is 0 Å². The van der Waals surface area contributed by atoms with Crippen molar-refractivity contribution in [3.8, 4) is 5.75 Å². The number of urea groups is 1. The van der Waals surface area contributed by atoms with Gasteiger partial charge in [-0.2, -0.15) is 0 Å². The van der Waals surface area contributed by atoms with Crippen LogP contribution in [0, 0.1) is 5.92 Å². The SMILES string of the molecule is CC(O)c1ccc(OCC2CCC(N(C(N)=O)C3CCCCCC3)CC2)cc1. The van der Waals surface area contributed by atoms with E-state index in [1.807, 2.05) is 29.2 Å². The van der Waals surface area contributed by atoms with Crippen molar-refractivity contribution in [2.24, 2.45) is 11.7 Å². The van der Waals surface area contributed by atoms with Crippen molar-refractivity contribution in [1.82, 2.24) is 4.90 Å². The summed E-state index contributed by atoms with van der Waals surface area (Å²) in [5.74, 6) is 1.38. The third-order valence-corrected chi connectivity index (χ3v) is 6.53. The minimum Gasteiger partial charge on any atom is -0.493 e. The van der Waals surface area contributed by atoms with Gasteiger partial charge in [0, 0.05) is 12.1 Å². The van der Waals surface area contributed by atoms with Crippen molar-refractivity contribution in [1.29, 1.82) is 0 Å². The van der Waals surface area contributed by atoms with Crippen LogP contribution in [-0.4, -0.2) is 34.7 Å². The van der Waals surface area contributed by atoms with Crippen LogP contribution in [-0.2, 0) is 0 Å². The van der Waals surface area contributed by atoms with E-state index < -0.39 is 6.10 Å². The van der Waals surface area contributed by atoms with E-state index in [9.17, 15) is 9.90 Å². The first-order valence-electron chi connectivity index (χ1n) is 11.0. The lowest BCUT2D eigenvalue weighted by molar-refractivity contribution is 0.0996. The van der Waals surface area contributed by atoms with Gasteiger partial charge in [-0.15, -0.1) is 0 Å². The molecule has 28 heavy (non-hydrogen) atoms. The topological polar surface area (TPSA) is 75.8 Å². The maximum atomic E-state index is 12.2. The van der Waals surface area contributed by atoms with Crippen LogP contribution in [0.15, 0.2) is 24.3 Å². The van der Waals surface area contributed by atoms with Crippen molar-refractivity contribution in [2.45, 2.75) is 89.3 Å². The lowest BCUT2D eigenvalue weighted by atomic mass is 9.85. The first-order chi connectivity index (χ1) is 13.5. The molecule has 2 aliphatic rings. The minimum atomic E-state index is -0.453. The Labute approximate surface area is 169 Å². The number of amides is 2. The zero-order chi connectivity index (χ0) is 19.9. The highest BCUT2D eigenvalue weighted by atomic mass is 16.5. The molecular formula is C23H36N2O3. The Bertz CT molecular complexity index is 601. The summed E-state index contributed by atoms with van der Waals surface area (Å²) in [7, 11) is 0. The number of carbonyl (C=O) groups excluding carboxylic acids is 1. The van der Waals surface area contributed by atoms with Gasteiger partial charge < -0.3 is 20.5 Å². The Hall–Kier alpha value is -1.75. The molecule has 2 aliphatic carbocycles. The largest absolute Gasteiger partial charge is 0.493 e. The van der Waals surface area contributed by atoms with Crippen LogP contribution >= 0.6 is 0 Å². The van der Waals surface area contributed by atoms with Gasteiger partial charge in [0.1, 0.15) is 5.75 Å². The van der Waals surface area contributed by atoms with E-state index >= 15 is 0 Å². The molecule has 0 radical (unpaired) electrons. The van der Waals surface area contributed by atoms with Gasteiger partial charge in [-0.1, -0.05) is 37.8 Å². The molecule has 0 aliphatic heterocycles. The van der Waals surface area contributed by atoms with E-state index in [1.54, 1.807) is 6.92 Å². The normalized spacial score (nSPS) is 24.9. The van der Waals surface area contributed by atoms with Gasteiger partial charge in [-0.05, 0) is 69.1 Å². The molecule has 1 aromatic rings. The highest BCUT2D eigenvalue weighted by molar-refractivity contribution is 5.72. The van der Waals surface area contributed by atoms with Crippen molar-refractivity contribution in [3.05, 3.63) is 29.8 Å². The third-order valence-electron chi connectivity index (χ3n) is 6.53. The van der Waals surface area contributed by atoms with Crippen LogP contribution in [0.1, 0.15) is 82.8 Å². The molecule has 1 aromatic carbocycles. The number of primary amides is 1. The molecule has 0 spiro atoms. The Kier molecular flexibility index (Phi) is 7.60. The van der Waals surface area contributed by atoms with E-state index in [0.29, 0.717) is 24.6 Å². The third kappa shape index (κ3) is 5.63. The fourth-order valence-electron chi connectivity index (χ4n) is 4.84. The molecule has 2 amide bonds. The molecule has 2 saturated carbocycles. The number of nitrogens with zero attached hydrogens (tertiary/aromatic N) is 1. The van der Waals surface area contributed by atoms with Crippen LogP contribution in [0.2, 0.25) is 0 Å². The van der Waals surface area contributed by atoms with Crippen LogP contribution in [0.3, 0.4) is 0 Å². The average Bonchev–Trinajstić information content (AvgIpc) is 2.97. The standard InChI is InChI=1S/C23H36N2O3/c1-17(26)19-10-14-22(15-11-19)28-16-18-8-12-21(13-9-18)25(23(24)27)20-6-4-2-3-5-7-20/h10-11,14-15,17-18,20-21,26H,2-9,12-13,16H2,1H3,(H2,24,27). The monoisotopic (exact) mass is 388 g/mol. The predicted octanol–water partition coefficient (Wildman–Crippen LogP) is 4.78. The molecule has 0 bridgehead atoms. The molecule has 3 N–H and O–H groups in total. The number of hydrogen-bond donors (Lipinski definition) is 2. The summed E-state index contributed by atoms with van der Waals surface area (Å²) in [4.78, 5) is 14.2. The zero-order valence-electron chi connectivity index (χ0n) is 17.2. The van der Waals surface area contributed by atoms with Gasteiger partial charge >= 0.3 is 6.03 Å². The molecule has 0 aromatic heterocycles. The average molecular weight is 389 g/mol. The number of aliphatic hydroxyl groups excluding tert-OH is 1. The van der Waals surface area contributed by atoms with Crippen LogP contribution in [0.4, 0.5) is 4.79 Å². The first kappa shape index (κ1) is 21.0. The number of benzene rings is 1. The molecule has 1 atom stereocenters. The van der Waals surface area contributed by atoms with Gasteiger partial charge in [0.2, 0.25) is 0 Å². The molecular weight excluding hydrogens is 352 g/mol. The van der Waals surface area contributed by atoms with Crippen LogP contribution in [0.25, 0.3) is 0 Å². The summed E-state index contributed by atoms with van der Waals surface area (Å²) in [5, 5.41) is 9.59. The molecule has 5 heteroatoms. The maximum absolute atomic E-state index is 12.2. The second-order valence-electron chi connectivity index (χ2n) is 8.62. The number of rotatable bonds is 6. The van der Waals surface area contributed by atoms with Gasteiger partial charge in [0.15, 0.2) is 0 Å². The summed E-state index contributed by atoms with van der Waals surface area (Å²) < 4.78 is 5.97. The summed E-state index contributed by atoms with van der Waals surface area (Å²) in [5.41, 5.74) is 6.70. The van der Waals surface area contributed by atoms with Crippen molar-refractivity contribution < 1.29 is 14.6 Å². The minimum absolute atomic E-state index is 0.232. The highest BCUT2D eigenvalue weighted by Gasteiger charge is 2.33. The zero-order valence-corrected chi connectivity index (χ0v) is 17.2. The molecule has 0 saturated heterocycles. The van der Waals surface area contributed by atoms with Crippen molar-refractivity contribution >= 4 is 6.03 Å². The number of hydrogen-bond acceptors (Lipinski definition) is 3. The maximum Gasteiger partial charge on any atom is 0.315 e. The second kappa shape index (κ2) is 10.1. The molecule has 1 unspecified atom stereocenters. The lowest BCUT2D eigenvalue weighted by Gasteiger charge is -2.40. The van der Waals surface area contributed by atoms with E-state index in [1.165, 1.54) is 25.7 Å². The lowest BCUT2D eigenvalue weighted by Crippen LogP contribution is -2.51. The van der Waals surface area contributed by atoms with Crippen LogP contribution < -0.4 is 10.5 Å². The Balaban J connectivity index is 1.48. The quantitative estimate of drug-likeness (QED) is 0.689. The predicted molar refractivity (Wildman–Crippen MR) is 111 cm³/mol. The first-order valence-corrected chi connectivity index (χ1v) is 11.0. The van der Waals surface area contributed by atoms with Gasteiger partial charge in [0.25, 0.3) is 0 Å². The molecule has 3 rings (SSSR count). The van der Waals surface area contributed by atoms with E-state index in [-0.39, 0.29) is 6.03 Å². The summed E-state index contributed by atoms with van der Waals surface area (Å²) in [6.45, 7) is 2.47. The molecule has 156 valence electrons. The summed E-state index contributed by atoms with van der Waals surface area (Å²) in [6, 6.07) is 8.07. The molecule has 2 fully saturated rings. The second-order valence-corrected chi connectivity index (χ2v) is 8.62. The van der Waals surface area contributed by atoms with Crippen molar-refractivity contribution in [2.75, 3.05) is 6.61 Å². The van der Waals surface area contributed by atoms with Gasteiger partial charge in [0.05, 0.1) is 12.7 Å². The van der Waals surface area contributed by atoms with Crippen LogP contribution in [0.5, 0.6) is 5.75 Å². The number of nitrogens with two attached hydrogens (primary N) is 1. The Morgan fingerprint density at radius 3 is 2.14 bits per heavy atom. The number of carbonyl (C=O) groups is 1. The molecule has 5 nitrogen and oxygen atoms in total. The Morgan fingerprint density at radius 1 is 1.04 bits per heavy atom.